The minimum Gasteiger partial charge on any atom is -0.329 e. The van der Waals surface area contributed by atoms with E-state index in [0.29, 0.717) is 12.5 Å². The lowest BCUT2D eigenvalue weighted by atomic mass is 10.1. The maximum atomic E-state index is 12.5. The lowest BCUT2D eigenvalue weighted by Crippen LogP contribution is -2.41. The number of benzene rings is 2. The average Bonchev–Trinajstić information content (AvgIpc) is 3.28. The highest BCUT2D eigenvalue weighted by Crippen LogP contribution is 2.33. The third-order valence-corrected chi connectivity index (χ3v) is 5.82. The van der Waals surface area contributed by atoms with E-state index in [1.165, 1.54) is 0 Å². The molecule has 1 unspecified atom stereocenters. The lowest BCUT2D eigenvalue weighted by Gasteiger charge is -2.16. The summed E-state index contributed by atoms with van der Waals surface area (Å²) in [5, 5.41) is 1.90. The molecule has 0 aromatic heterocycles. The Labute approximate surface area is 145 Å². The molecule has 0 amide bonds. The fourth-order valence-electron chi connectivity index (χ4n) is 2.46. The summed E-state index contributed by atoms with van der Waals surface area (Å²) in [6, 6.07) is 10.8. The van der Waals surface area contributed by atoms with Gasteiger partial charge in [0.1, 0.15) is 0 Å². The van der Waals surface area contributed by atoms with Gasteiger partial charge in [-0.25, -0.2) is 13.1 Å². The summed E-state index contributed by atoms with van der Waals surface area (Å²) in [5.41, 5.74) is 5.67. The minimum absolute atomic E-state index is 0. The van der Waals surface area contributed by atoms with Crippen LogP contribution in [-0.4, -0.2) is 21.0 Å². The van der Waals surface area contributed by atoms with Gasteiger partial charge in [0.15, 0.2) is 0 Å². The number of nitrogens with two attached hydrogens (primary N) is 1. The van der Waals surface area contributed by atoms with Crippen LogP contribution in [0.4, 0.5) is 0 Å². The van der Waals surface area contributed by atoms with Crippen molar-refractivity contribution in [3.8, 4) is 0 Å². The number of rotatable bonds is 5. The van der Waals surface area contributed by atoms with Crippen molar-refractivity contribution in [1.82, 2.24) is 4.72 Å². The normalized spacial score (nSPS) is 16.3. The molecule has 120 valence electrons. The molecule has 0 spiro atoms. The van der Waals surface area contributed by atoms with Crippen LogP contribution in [0.1, 0.15) is 12.8 Å². The van der Waals surface area contributed by atoms with E-state index in [0.717, 1.165) is 28.1 Å². The zero-order chi connectivity index (χ0) is 15.0. The molecule has 1 fully saturated rings. The Hall–Kier alpha value is -0.660. The Morgan fingerprint density at radius 3 is 2.45 bits per heavy atom. The zero-order valence-corrected chi connectivity index (χ0v) is 15.0. The van der Waals surface area contributed by atoms with E-state index in [1.807, 2.05) is 24.3 Å². The van der Waals surface area contributed by atoms with Crippen LogP contribution in [0.5, 0.6) is 0 Å². The van der Waals surface area contributed by atoms with Crippen molar-refractivity contribution in [3.63, 3.8) is 0 Å². The van der Waals surface area contributed by atoms with E-state index in [9.17, 15) is 8.42 Å². The lowest BCUT2D eigenvalue weighted by molar-refractivity contribution is 0.519. The molecule has 2 aromatic carbocycles. The zero-order valence-electron chi connectivity index (χ0n) is 11.8. The molecule has 1 aliphatic carbocycles. The van der Waals surface area contributed by atoms with Gasteiger partial charge in [-0.1, -0.05) is 28.1 Å². The first kappa shape index (κ1) is 17.7. The molecular formula is C15H18BrClN2O2S. The second-order valence-corrected chi connectivity index (χ2v) is 8.08. The molecular weight excluding hydrogens is 388 g/mol. The van der Waals surface area contributed by atoms with Crippen LogP contribution in [0.15, 0.2) is 45.8 Å². The first-order valence-electron chi connectivity index (χ1n) is 6.91. The predicted molar refractivity (Wildman–Crippen MR) is 94.8 cm³/mol. The van der Waals surface area contributed by atoms with Crippen LogP contribution in [0.2, 0.25) is 0 Å². The molecule has 4 nitrogen and oxygen atoms in total. The molecule has 22 heavy (non-hydrogen) atoms. The van der Waals surface area contributed by atoms with Gasteiger partial charge in [-0.05, 0) is 53.8 Å². The van der Waals surface area contributed by atoms with E-state index in [4.69, 9.17) is 5.73 Å². The molecule has 3 N–H and O–H groups in total. The summed E-state index contributed by atoms with van der Waals surface area (Å²) < 4.78 is 28.6. The predicted octanol–water partition coefficient (Wildman–Crippen LogP) is 3.04. The Morgan fingerprint density at radius 1 is 1.18 bits per heavy atom. The fourth-order valence-corrected chi connectivity index (χ4v) is 4.20. The van der Waals surface area contributed by atoms with E-state index in [-0.39, 0.29) is 23.3 Å². The quantitative estimate of drug-likeness (QED) is 0.803. The third kappa shape index (κ3) is 3.81. The van der Waals surface area contributed by atoms with Crippen molar-refractivity contribution >= 4 is 49.1 Å². The van der Waals surface area contributed by atoms with Gasteiger partial charge in [0, 0.05) is 17.1 Å². The van der Waals surface area contributed by atoms with Crippen LogP contribution in [0.25, 0.3) is 10.8 Å². The number of hydrogen-bond acceptors (Lipinski definition) is 3. The second-order valence-electron chi connectivity index (χ2n) is 5.45. The van der Waals surface area contributed by atoms with Gasteiger partial charge in [-0.2, -0.15) is 0 Å². The maximum Gasteiger partial charge on any atom is 0.240 e. The Morgan fingerprint density at radius 2 is 1.82 bits per heavy atom. The molecule has 1 atom stereocenters. The average molecular weight is 406 g/mol. The van der Waals surface area contributed by atoms with Crippen LogP contribution in [0.3, 0.4) is 0 Å². The highest BCUT2D eigenvalue weighted by Gasteiger charge is 2.33. The summed E-state index contributed by atoms with van der Waals surface area (Å²) in [7, 11) is -3.52. The second kappa shape index (κ2) is 6.84. The summed E-state index contributed by atoms with van der Waals surface area (Å²) in [4.78, 5) is 0.288. The van der Waals surface area contributed by atoms with Gasteiger partial charge in [0.2, 0.25) is 10.0 Å². The number of hydrogen-bond donors (Lipinski definition) is 2. The SMILES string of the molecule is Cl.NCC(NS(=O)(=O)c1ccc2cc(Br)ccc2c1)C1CC1. The number of sulfonamides is 1. The summed E-state index contributed by atoms with van der Waals surface area (Å²) in [6.45, 7) is 0.338. The molecule has 0 bridgehead atoms. The van der Waals surface area contributed by atoms with Gasteiger partial charge in [0.25, 0.3) is 0 Å². The monoisotopic (exact) mass is 404 g/mol. The van der Waals surface area contributed by atoms with Gasteiger partial charge in [0.05, 0.1) is 4.90 Å². The first-order chi connectivity index (χ1) is 9.99. The molecule has 1 saturated carbocycles. The van der Waals surface area contributed by atoms with E-state index in [1.54, 1.807) is 12.1 Å². The van der Waals surface area contributed by atoms with Gasteiger partial charge < -0.3 is 5.73 Å². The van der Waals surface area contributed by atoms with Crippen LogP contribution >= 0.6 is 28.3 Å². The highest BCUT2D eigenvalue weighted by atomic mass is 79.9. The minimum atomic E-state index is -3.52. The number of halogens is 2. The number of nitrogens with one attached hydrogen (secondary N) is 1. The molecule has 0 heterocycles. The molecule has 2 aromatic rings. The summed E-state index contributed by atoms with van der Waals surface area (Å²) in [5.74, 6) is 0.390. The van der Waals surface area contributed by atoms with Gasteiger partial charge in [-0.3, -0.25) is 0 Å². The molecule has 7 heteroatoms. The third-order valence-electron chi connectivity index (χ3n) is 3.84. The van der Waals surface area contributed by atoms with Crippen LogP contribution < -0.4 is 10.5 Å². The fraction of sp³-hybridized carbons (Fsp3) is 0.333. The van der Waals surface area contributed by atoms with E-state index < -0.39 is 10.0 Å². The van der Waals surface area contributed by atoms with Crippen LogP contribution in [0, 0.1) is 5.92 Å². The van der Waals surface area contributed by atoms with Crippen molar-refractivity contribution in [2.75, 3.05) is 6.54 Å². The first-order valence-corrected chi connectivity index (χ1v) is 9.19. The van der Waals surface area contributed by atoms with Crippen molar-refractivity contribution in [3.05, 3.63) is 40.9 Å². The highest BCUT2D eigenvalue weighted by molar-refractivity contribution is 9.10. The van der Waals surface area contributed by atoms with E-state index in [2.05, 4.69) is 20.7 Å². The van der Waals surface area contributed by atoms with Crippen molar-refractivity contribution in [2.45, 2.75) is 23.8 Å². The topological polar surface area (TPSA) is 72.2 Å². The van der Waals surface area contributed by atoms with Crippen molar-refractivity contribution in [2.24, 2.45) is 11.7 Å². The Balaban J connectivity index is 0.00000176. The maximum absolute atomic E-state index is 12.5. The largest absolute Gasteiger partial charge is 0.329 e. The number of fused-ring (bicyclic) bond motifs is 1. The van der Waals surface area contributed by atoms with Gasteiger partial charge >= 0.3 is 0 Å². The van der Waals surface area contributed by atoms with Gasteiger partial charge in [-0.15, -0.1) is 12.4 Å². The molecule has 0 radical (unpaired) electrons. The molecule has 3 rings (SSSR count). The molecule has 1 aliphatic rings. The van der Waals surface area contributed by atoms with Crippen molar-refractivity contribution < 1.29 is 8.42 Å². The van der Waals surface area contributed by atoms with Crippen molar-refractivity contribution in [1.29, 1.82) is 0 Å². The van der Waals surface area contributed by atoms with Crippen LogP contribution in [-0.2, 0) is 10.0 Å². The summed E-state index contributed by atoms with van der Waals surface area (Å²) in [6.07, 6.45) is 2.10. The molecule has 0 aliphatic heterocycles. The smallest absolute Gasteiger partial charge is 0.240 e. The standard InChI is InChI=1S/C15H17BrN2O2S.ClH/c16-13-5-3-12-8-14(6-4-11(12)7-13)21(19,20)18-15(9-17)10-1-2-10;/h3-8,10,15,18H,1-2,9,17H2;1H. The Kier molecular flexibility index (Phi) is 5.50. The van der Waals surface area contributed by atoms with E-state index >= 15 is 0 Å². The Bertz CT molecular complexity index is 778. The summed E-state index contributed by atoms with van der Waals surface area (Å²) >= 11 is 3.41. The molecule has 0 saturated heterocycles.